The standard InChI is InChI=1S/C6H6ClF2N3O2S/c7-4-2(5(8)9)1-3(10)6(12-4)15(11,13)14/h1,5H,10H2,(H2,11,13,14). The zero-order valence-electron chi connectivity index (χ0n) is 7.12. The van der Waals surface area contributed by atoms with Gasteiger partial charge in [0.15, 0.2) is 5.03 Å². The molecule has 15 heavy (non-hydrogen) atoms. The van der Waals surface area contributed by atoms with E-state index in [0.29, 0.717) is 0 Å². The number of primary sulfonamides is 1. The first-order chi connectivity index (χ1) is 6.73. The highest BCUT2D eigenvalue weighted by atomic mass is 35.5. The molecule has 0 unspecified atom stereocenters. The lowest BCUT2D eigenvalue weighted by atomic mass is 10.3. The topological polar surface area (TPSA) is 99.1 Å². The Kier molecular flexibility index (Phi) is 3.12. The van der Waals surface area contributed by atoms with Gasteiger partial charge in [0.25, 0.3) is 16.4 Å². The molecule has 0 aliphatic carbocycles. The Morgan fingerprint density at radius 2 is 2.00 bits per heavy atom. The van der Waals surface area contributed by atoms with Crippen molar-refractivity contribution in [3.63, 3.8) is 0 Å². The van der Waals surface area contributed by atoms with E-state index in [0.717, 1.165) is 6.07 Å². The Hall–Kier alpha value is -0.990. The maximum absolute atomic E-state index is 12.3. The van der Waals surface area contributed by atoms with Crippen LogP contribution in [0.1, 0.15) is 12.0 Å². The quantitative estimate of drug-likeness (QED) is 0.769. The molecular formula is C6H6ClF2N3O2S. The smallest absolute Gasteiger partial charge is 0.266 e. The highest BCUT2D eigenvalue weighted by Crippen LogP contribution is 2.29. The number of hydrogen-bond acceptors (Lipinski definition) is 4. The van der Waals surface area contributed by atoms with E-state index < -0.39 is 37.9 Å². The molecule has 0 bridgehead atoms. The van der Waals surface area contributed by atoms with E-state index >= 15 is 0 Å². The molecule has 9 heteroatoms. The Morgan fingerprint density at radius 1 is 1.47 bits per heavy atom. The zero-order chi connectivity index (χ0) is 11.8. The molecule has 0 radical (unpaired) electrons. The number of nitrogen functional groups attached to an aromatic ring is 1. The fraction of sp³-hybridized carbons (Fsp3) is 0.167. The van der Waals surface area contributed by atoms with E-state index in [1.165, 1.54) is 0 Å². The van der Waals surface area contributed by atoms with Crippen LogP contribution in [-0.4, -0.2) is 13.4 Å². The SMILES string of the molecule is Nc1cc(C(F)F)c(Cl)nc1S(N)(=O)=O. The normalized spacial score (nSPS) is 12.1. The molecule has 0 atom stereocenters. The van der Waals surface area contributed by atoms with Gasteiger partial charge in [-0.15, -0.1) is 0 Å². The van der Waals surface area contributed by atoms with Gasteiger partial charge in [-0.2, -0.15) is 0 Å². The maximum atomic E-state index is 12.3. The molecule has 0 saturated carbocycles. The number of halogens is 3. The minimum Gasteiger partial charge on any atom is -0.396 e. The number of pyridine rings is 1. The average Bonchev–Trinajstić information content (AvgIpc) is 2.06. The van der Waals surface area contributed by atoms with Crippen LogP contribution in [0.5, 0.6) is 0 Å². The second-order valence-electron chi connectivity index (χ2n) is 2.61. The number of aromatic nitrogens is 1. The van der Waals surface area contributed by atoms with Crippen LogP contribution in [0, 0.1) is 0 Å². The summed E-state index contributed by atoms with van der Waals surface area (Å²) in [6.45, 7) is 0. The van der Waals surface area contributed by atoms with Gasteiger partial charge in [-0.1, -0.05) is 11.6 Å². The van der Waals surface area contributed by atoms with Gasteiger partial charge in [0.05, 0.1) is 11.3 Å². The monoisotopic (exact) mass is 257 g/mol. The minimum absolute atomic E-state index is 0.461. The van der Waals surface area contributed by atoms with Gasteiger partial charge in [0, 0.05) is 0 Å². The van der Waals surface area contributed by atoms with E-state index in [-0.39, 0.29) is 0 Å². The van der Waals surface area contributed by atoms with Gasteiger partial charge in [-0.3, -0.25) is 0 Å². The van der Waals surface area contributed by atoms with E-state index in [2.05, 4.69) is 4.98 Å². The fourth-order valence-electron chi connectivity index (χ4n) is 0.888. The third-order valence-electron chi connectivity index (χ3n) is 1.50. The van der Waals surface area contributed by atoms with Crippen LogP contribution < -0.4 is 10.9 Å². The van der Waals surface area contributed by atoms with Crippen LogP contribution in [0.15, 0.2) is 11.1 Å². The van der Waals surface area contributed by atoms with Crippen LogP contribution >= 0.6 is 11.6 Å². The van der Waals surface area contributed by atoms with Crippen LogP contribution in [0.25, 0.3) is 0 Å². The highest BCUT2D eigenvalue weighted by Gasteiger charge is 2.21. The van der Waals surface area contributed by atoms with Crippen molar-refractivity contribution in [2.75, 3.05) is 5.73 Å². The first-order valence-corrected chi connectivity index (χ1v) is 5.42. The van der Waals surface area contributed by atoms with Gasteiger partial charge >= 0.3 is 0 Å². The number of sulfonamides is 1. The summed E-state index contributed by atoms with van der Waals surface area (Å²) in [6, 6.07) is 0.736. The molecule has 1 aromatic rings. The van der Waals surface area contributed by atoms with Crippen molar-refractivity contribution in [3.8, 4) is 0 Å². The lowest BCUT2D eigenvalue weighted by Gasteiger charge is -2.07. The van der Waals surface area contributed by atoms with E-state index in [9.17, 15) is 17.2 Å². The van der Waals surface area contributed by atoms with Gasteiger partial charge in [0.2, 0.25) is 0 Å². The Bertz CT molecular complexity index is 491. The van der Waals surface area contributed by atoms with Crippen LogP contribution in [-0.2, 0) is 10.0 Å². The number of hydrogen-bond donors (Lipinski definition) is 2. The number of rotatable bonds is 2. The van der Waals surface area contributed by atoms with Crippen LogP contribution in [0.2, 0.25) is 5.15 Å². The maximum Gasteiger partial charge on any atom is 0.266 e. The van der Waals surface area contributed by atoms with Crippen molar-refractivity contribution in [1.82, 2.24) is 4.98 Å². The van der Waals surface area contributed by atoms with Gasteiger partial charge in [0.1, 0.15) is 5.15 Å². The van der Waals surface area contributed by atoms with Gasteiger partial charge in [-0.25, -0.2) is 27.3 Å². The molecule has 1 rings (SSSR count). The molecule has 1 heterocycles. The molecule has 5 nitrogen and oxygen atoms in total. The molecule has 4 N–H and O–H groups in total. The fourth-order valence-corrected chi connectivity index (χ4v) is 1.77. The van der Waals surface area contributed by atoms with Gasteiger partial charge < -0.3 is 5.73 Å². The third-order valence-corrected chi connectivity index (χ3v) is 2.67. The third kappa shape index (κ3) is 2.52. The van der Waals surface area contributed by atoms with Crippen LogP contribution in [0.3, 0.4) is 0 Å². The summed E-state index contributed by atoms with van der Waals surface area (Å²) in [5.41, 5.74) is 4.10. The van der Waals surface area contributed by atoms with Crippen molar-refractivity contribution in [1.29, 1.82) is 0 Å². The molecule has 0 spiro atoms. The van der Waals surface area contributed by atoms with Crippen molar-refractivity contribution in [3.05, 3.63) is 16.8 Å². The van der Waals surface area contributed by atoms with Crippen molar-refractivity contribution < 1.29 is 17.2 Å². The minimum atomic E-state index is -4.16. The number of nitrogens with two attached hydrogens (primary N) is 2. The molecule has 0 aliphatic rings. The summed E-state index contributed by atoms with van der Waals surface area (Å²) in [4.78, 5) is 3.21. The second-order valence-corrected chi connectivity index (χ2v) is 4.44. The largest absolute Gasteiger partial charge is 0.396 e. The lowest BCUT2D eigenvalue weighted by Crippen LogP contribution is -2.17. The Balaban J connectivity index is 3.46. The first kappa shape index (κ1) is 12.1. The zero-order valence-corrected chi connectivity index (χ0v) is 8.69. The molecule has 0 saturated heterocycles. The Morgan fingerprint density at radius 3 is 2.40 bits per heavy atom. The number of anilines is 1. The molecule has 0 aliphatic heterocycles. The predicted octanol–water partition coefficient (Wildman–Crippen LogP) is 0.902. The summed E-state index contributed by atoms with van der Waals surface area (Å²) < 4.78 is 46.3. The summed E-state index contributed by atoms with van der Waals surface area (Å²) in [6.07, 6.45) is -2.89. The van der Waals surface area contributed by atoms with Crippen LogP contribution in [0.4, 0.5) is 14.5 Å². The molecule has 0 aromatic carbocycles. The van der Waals surface area contributed by atoms with E-state index in [1.807, 2.05) is 0 Å². The summed E-state index contributed by atoms with van der Waals surface area (Å²) >= 11 is 5.34. The predicted molar refractivity (Wildman–Crippen MR) is 50.0 cm³/mol. The van der Waals surface area contributed by atoms with Crippen molar-refractivity contribution >= 4 is 27.3 Å². The highest BCUT2D eigenvalue weighted by molar-refractivity contribution is 7.89. The molecule has 1 aromatic heterocycles. The van der Waals surface area contributed by atoms with Crippen molar-refractivity contribution in [2.24, 2.45) is 5.14 Å². The van der Waals surface area contributed by atoms with Gasteiger partial charge in [-0.05, 0) is 6.07 Å². The van der Waals surface area contributed by atoms with E-state index in [1.54, 1.807) is 0 Å². The summed E-state index contributed by atoms with van der Waals surface area (Å²) in [7, 11) is -4.16. The second kappa shape index (κ2) is 3.87. The molecule has 0 fully saturated rings. The number of alkyl halides is 2. The Labute approximate surface area is 89.1 Å². The van der Waals surface area contributed by atoms with Crippen molar-refractivity contribution in [2.45, 2.75) is 11.5 Å². The summed E-state index contributed by atoms with van der Waals surface area (Å²) in [5.74, 6) is 0. The van der Waals surface area contributed by atoms with E-state index in [4.69, 9.17) is 22.5 Å². The summed E-state index contributed by atoms with van der Waals surface area (Å²) in [5, 5.41) is 3.39. The molecule has 84 valence electrons. The average molecular weight is 258 g/mol. The number of nitrogens with zero attached hydrogens (tertiary/aromatic N) is 1. The molecule has 0 amide bonds. The first-order valence-electron chi connectivity index (χ1n) is 3.50. The lowest BCUT2D eigenvalue weighted by molar-refractivity contribution is 0.151. The molecular weight excluding hydrogens is 252 g/mol.